The number of alkyl halides is 6. The van der Waals surface area contributed by atoms with Crippen LogP contribution in [0.25, 0.3) is 0 Å². The maximum absolute atomic E-state index is 11.3. The molecule has 0 fully saturated rings. The lowest BCUT2D eigenvalue weighted by molar-refractivity contribution is -0.0321. The molecule has 0 spiro atoms. The molecule has 0 atom stereocenters. The quantitative estimate of drug-likeness (QED) is 0.412. The molecule has 0 aromatic heterocycles. The third kappa shape index (κ3) is 11.0. The number of hydrogen-bond donors (Lipinski definition) is 0. The van der Waals surface area contributed by atoms with Crippen LogP contribution in [0.5, 0.6) is 0 Å². The molecule has 0 saturated heterocycles. The van der Waals surface area contributed by atoms with Crippen molar-refractivity contribution in [1.82, 2.24) is 0 Å². The van der Waals surface area contributed by atoms with Crippen molar-refractivity contribution in [2.24, 2.45) is 0 Å². The first-order valence-corrected chi connectivity index (χ1v) is 6.86. The van der Waals surface area contributed by atoms with E-state index in [4.69, 9.17) is 0 Å². The van der Waals surface area contributed by atoms with E-state index in [0.29, 0.717) is 0 Å². The molecule has 0 saturated carbocycles. The van der Waals surface area contributed by atoms with Crippen molar-refractivity contribution in [3.05, 3.63) is 0 Å². The van der Waals surface area contributed by atoms with Gasteiger partial charge in [0.2, 0.25) is 0 Å². The molecule has 12 heavy (non-hydrogen) atoms. The molecule has 10 heteroatoms. The Bertz CT molecular complexity index is 110. The highest BCUT2D eigenvalue weighted by molar-refractivity contribution is 9.26. The molecule has 0 aromatic carbocycles. The lowest BCUT2D eigenvalue weighted by atomic mass is 11.6. The van der Waals surface area contributed by atoms with Crippen molar-refractivity contribution in [2.75, 3.05) is 0 Å². The van der Waals surface area contributed by atoms with Gasteiger partial charge in [-0.05, 0) is 19.7 Å². The van der Waals surface area contributed by atoms with Gasteiger partial charge in [-0.15, -0.1) is 0 Å². The van der Waals surface area contributed by atoms with E-state index in [1.807, 2.05) is 0 Å². The van der Waals surface area contributed by atoms with Crippen LogP contribution in [0, 0.1) is 0 Å². The Morgan fingerprint density at radius 3 is 1.00 bits per heavy atom. The monoisotopic (exact) mass is 266 g/mol. The third-order valence-electron chi connectivity index (χ3n) is 0.285. The summed E-state index contributed by atoms with van der Waals surface area (Å²) in [4.78, 5) is 0. The molecule has 0 N–H and O–H groups in total. The molecule has 0 rings (SSSR count). The summed E-state index contributed by atoms with van der Waals surface area (Å²) in [6, 6.07) is 0. The molecule has 0 bridgehead atoms. The SMILES string of the molecule is FC(F)(F)SSSSC(F)(F)F. The fourth-order valence-corrected chi connectivity index (χ4v) is 4.33. The zero-order valence-corrected chi connectivity index (χ0v) is 8.17. The van der Waals surface area contributed by atoms with E-state index < -0.39 is 32.6 Å². The molecular formula is C2F6S4. The second-order valence-electron chi connectivity index (χ2n) is 1.19. The molecular weight excluding hydrogens is 266 g/mol. The fourth-order valence-electron chi connectivity index (χ4n) is 0.105. The van der Waals surface area contributed by atoms with E-state index in [2.05, 4.69) is 0 Å². The van der Waals surface area contributed by atoms with Crippen molar-refractivity contribution in [3.63, 3.8) is 0 Å². The molecule has 0 nitrogen and oxygen atoms in total. The average molecular weight is 266 g/mol. The largest absolute Gasteiger partial charge is 0.452 e. The van der Waals surface area contributed by atoms with Gasteiger partial charge in [-0.25, -0.2) is 0 Å². The molecule has 0 aliphatic carbocycles. The summed E-state index contributed by atoms with van der Waals surface area (Å²) in [5, 5.41) is 0. The van der Waals surface area contributed by atoms with Crippen LogP contribution < -0.4 is 0 Å². The number of rotatable bonds is 3. The van der Waals surface area contributed by atoms with E-state index in [9.17, 15) is 26.3 Å². The van der Waals surface area contributed by atoms with Crippen LogP contribution >= 0.6 is 41.2 Å². The van der Waals surface area contributed by atoms with Gasteiger partial charge in [0, 0.05) is 21.6 Å². The highest BCUT2D eigenvalue weighted by atomic mass is 33.7. The van der Waals surface area contributed by atoms with Gasteiger partial charge in [0.25, 0.3) is 0 Å². The maximum atomic E-state index is 11.3. The Labute approximate surface area is 78.8 Å². The Morgan fingerprint density at radius 2 is 0.833 bits per heavy atom. The fraction of sp³-hybridized carbons (Fsp3) is 1.00. The summed E-state index contributed by atoms with van der Waals surface area (Å²) < 4.78 is 67.9. The standard InChI is InChI=1S/C2F6S4/c3-1(4,5)9-11-12-10-2(6,7)8. The zero-order chi connectivity index (χ0) is 9.83. The summed E-state index contributed by atoms with van der Waals surface area (Å²) in [7, 11) is -1.06. The minimum Gasteiger partial charge on any atom is -0.160 e. The summed E-state index contributed by atoms with van der Waals surface area (Å²) >= 11 is 0. The van der Waals surface area contributed by atoms with Crippen LogP contribution in [-0.2, 0) is 0 Å². The molecule has 0 amide bonds. The lowest BCUT2D eigenvalue weighted by Crippen LogP contribution is -1.96. The minimum atomic E-state index is -4.50. The molecule has 0 aliphatic heterocycles. The Kier molecular flexibility index (Phi) is 5.42. The smallest absolute Gasteiger partial charge is 0.160 e. The van der Waals surface area contributed by atoms with Crippen LogP contribution in [0.3, 0.4) is 0 Å². The summed E-state index contributed by atoms with van der Waals surface area (Å²) in [5.41, 5.74) is -8.99. The zero-order valence-electron chi connectivity index (χ0n) is 4.90. The van der Waals surface area contributed by atoms with Crippen LogP contribution in [0.4, 0.5) is 26.3 Å². The Balaban J connectivity index is 3.35. The Morgan fingerprint density at radius 1 is 0.583 bits per heavy atom. The average Bonchev–Trinajstić information content (AvgIpc) is 1.76. The van der Waals surface area contributed by atoms with Crippen LogP contribution in [0.1, 0.15) is 0 Å². The maximum Gasteiger partial charge on any atom is 0.452 e. The van der Waals surface area contributed by atoms with E-state index in [-0.39, 0.29) is 19.7 Å². The number of halogens is 6. The minimum absolute atomic E-state index is 0.0384. The highest BCUT2D eigenvalue weighted by Gasteiger charge is 2.32. The first-order chi connectivity index (χ1) is 5.21. The predicted molar refractivity (Wildman–Crippen MR) is 42.5 cm³/mol. The first-order valence-electron chi connectivity index (χ1n) is 2.04. The van der Waals surface area contributed by atoms with Gasteiger partial charge in [-0.2, -0.15) is 26.3 Å². The first kappa shape index (κ1) is 13.0. The highest BCUT2D eigenvalue weighted by Crippen LogP contribution is 2.54. The third-order valence-corrected chi connectivity index (χ3v) is 5.79. The predicted octanol–water partition coefficient (Wildman–Crippen LogP) is 4.70. The Hall–Kier alpha value is 0.980. The van der Waals surface area contributed by atoms with Crippen LogP contribution in [0.2, 0.25) is 0 Å². The molecule has 0 radical (unpaired) electrons. The van der Waals surface area contributed by atoms with Gasteiger partial charge < -0.3 is 0 Å². The van der Waals surface area contributed by atoms with Gasteiger partial charge in [0.1, 0.15) is 0 Å². The van der Waals surface area contributed by atoms with Crippen molar-refractivity contribution < 1.29 is 26.3 Å². The summed E-state index contributed by atoms with van der Waals surface area (Å²) in [5.74, 6) is 0. The van der Waals surface area contributed by atoms with E-state index in [1.165, 1.54) is 0 Å². The van der Waals surface area contributed by atoms with Crippen LogP contribution in [0.15, 0.2) is 0 Å². The van der Waals surface area contributed by atoms with E-state index in [0.717, 1.165) is 0 Å². The summed E-state index contributed by atoms with van der Waals surface area (Å²) in [6.07, 6.45) is 0. The van der Waals surface area contributed by atoms with E-state index in [1.54, 1.807) is 0 Å². The topological polar surface area (TPSA) is 0 Å². The second kappa shape index (κ2) is 5.01. The van der Waals surface area contributed by atoms with Gasteiger partial charge in [-0.1, -0.05) is 0 Å². The normalized spacial score (nSPS) is 13.5. The van der Waals surface area contributed by atoms with Gasteiger partial charge in [0.05, 0.1) is 0 Å². The van der Waals surface area contributed by atoms with Gasteiger partial charge in [-0.3, -0.25) is 0 Å². The molecule has 0 aliphatic rings. The molecule has 0 unspecified atom stereocenters. The lowest BCUT2D eigenvalue weighted by Gasteiger charge is -2.04. The van der Waals surface area contributed by atoms with Crippen LogP contribution in [-0.4, -0.2) is 11.0 Å². The van der Waals surface area contributed by atoms with Crippen molar-refractivity contribution in [1.29, 1.82) is 0 Å². The second-order valence-corrected chi connectivity index (χ2v) is 6.99. The van der Waals surface area contributed by atoms with Crippen molar-refractivity contribution in [2.45, 2.75) is 11.0 Å². The number of hydrogen-bond acceptors (Lipinski definition) is 4. The van der Waals surface area contributed by atoms with Crippen molar-refractivity contribution >= 4 is 41.2 Å². The van der Waals surface area contributed by atoms with E-state index >= 15 is 0 Å². The molecule has 74 valence electrons. The molecule has 0 aromatic rings. The summed E-state index contributed by atoms with van der Waals surface area (Å²) in [6.45, 7) is 0. The molecule has 0 heterocycles. The van der Waals surface area contributed by atoms with Gasteiger partial charge in [0.15, 0.2) is 0 Å². The van der Waals surface area contributed by atoms with Crippen molar-refractivity contribution in [3.8, 4) is 0 Å². The van der Waals surface area contributed by atoms with Gasteiger partial charge >= 0.3 is 11.0 Å².